The third-order valence-electron chi connectivity index (χ3n) is 5.15. The lowest BCUT2D eigenvalue weighted by atomic mass is 9.95. The number of hydrogen-bond acceptors (Lipinski definition) is 6. The van der Waals surface area contributed by atoms with Gasteiger partial charge < -0.3 is 10.1 Å². The lowest BCUT2D eigenvalue weighted by Gasteiger charge is -2.19. The van der Waals surface area contributed by atoms with Crippen LogP contribution in [-0.2, 0) is 10.2 Å². The first-order valence-electron chi connectivity index (χ1n) is 9.24. The van der Waals surface area contributed by atoms with Crippen molar-refractivity contribution >= 4 is 23.3 Å². The molecular weight excluding hydrogens is 390 g/mol. The number of hydrogen-bond donors (Lipinski definition) is 1. The molecule has 148 valence electrons. The van der Waals surface area contributed by atoms with E-state index in [2.05, 4.69) is 25.3 Å². The largest absolute Gasteiger partial charge is 0.489 e. The van der Waals surface area contributed by atoms with E-state index < -0.39 is 5.41 Å². The number of nitrogens with zero attached hydrogens (tertiary/aromatic N) is 4. The highest BCUT2D eigenvalue weighted by molar-refractivity contribution is 6.30. The third kappa shape index (κ3) is 4.05. The highest BCUT2D eigenvalue weighted by Gasteiger charge is 2.60. The Labute approximate surface area is 173 Å². The van der Waals surface area contributed by atoms with Crippen LogP contribution in [0.15, 0.2) is 49.1 Å². The summed E-state index contributed by atoms with van der Waals surface area (Å²) in [6.45, 7) is 4.04. The number of carbonyl (C=O) groups is 1. The maximum Gasteiger partial charge on any atom is 0.229 e. The zero-order chi connectivity index (χ0) is 20.4. The van der Waals surface area contributed by atoms with Crippen LogP contribution < -0.4 is 10.1 Å². The molecule has 0 radical (unpaired) electrons. The molecule has 0 bridgehead atoms. The first-order chi connectivity index (χ1) is 14.0. The normalized spacial score (nSPS) is 20.2. The van der Waals surface area contributed by atoms with Crippen molar-refractivity contribution in [3.05, 3.63) is 71.2 Å². The van der Waals surface area contributed by atoms with Crippen molar-refractivity contribution in [1.82, 2.24) is 19.9 Å². The van der Waals surface area contributed by atoms with Gasteiger partial charge in [-0.1, -0.05) is 17.7 Å². The third-order valence-corrected chi connectivity index (χ3v) is 5.37. The molecular formula is C21H20ClN5O2. The topological polar surface area (TPSA) is 89.9 Å². The van der Waals surface area contributed by atoms with Crippen LogP contribution in [0.4, 0.5) is 5.82 Å². The van der Waals surface area contributed by atoms with E-state index in [1.807, 2.05) is 26.0 Å². The molecule has 1 amide bonds. The second kappa shape index (κ2) is 7.75. The number of pyridine rings is 2. The van der Waals surface area contributed by atoms with E-state index >= 15 is 0 Å². The molecule has 2 atom stereocenters. The Hall–Kier alpha value is -3.06. The lowest BCUT2D eigenvalue weighted by molar-refractivity contribution is -0.117. The molecule has 1 saturated carbocycles. The van der Waals surface area contributed by atoms with E-state index in [9.17, 15) is 4.79 Å². The summed E-state index contributed by atoms with van der Waals surface area (Å²) in [6.07, 6.45) is 7.33. The second-order valence-corrected chi connectivity index (χ2v) is 7.60. The molecule has 0 saturated heterocycles. The van der Waals surface area contributed by atoms with Gasteiger partial charge in [-0.15, -0.1) is 0 Å². The number of anilines is 1. The monoisotopic (exact) mass is 409 g/mol. The average Bonchev–Trinajstić information content (AvgIpc) is 3.46. The molecule has 1 aliphatic carbocycles. The standard InChI is InChI=1S/C21H20ClN5O2/c1-13-18(11-24-14(2)26-13)29-12-21(15-4-3-7-23-9-15)8-17(21)20(28)27-19-6-5-16(22)10-25-19/h3-7,9-11,17H,8,12H2,1-2H3,(H,25,27,28). The first-order valence-corrected chi connectivity index (χ1v) is 9.62. The predicted molar refractivity (Wildman–Crippen MR) is 109 cm³/mol. The van der Waals surface area contributed by atoms with Crippen molar-refractivity contribution in [3.63, 3.8) is 0 Å². The summed E-state index contributed by atoms with van der Waals surface area (Å²) in [5.41, 5.74) is 1.28. The Morgan fingerprint density at radius 1 is 1.24 bits per heavy atom. The van der Waals surface area contributed by atoms with Gasteiger partial charge in [-0.25, -0.2) is 15.0 Å². The van der Waals surface area contributed by atoms with E-state index in [-0.39, 0.29) is 11.8 Å². The number of nitrogens with one attached hydrogen (secondary N) is 1. The molecule has 0 spiro atoms. The van der Waals surface area contributed by atoms with Gasteiger partial charge in [-0.3, -0.25) is 9.78 Å². The quantitative estimate of drug-likeness (QED) is 0.670. The Morgan fingerprint density at radius 3 is 2.79 bits per heavy atom. The first kappa shape index (κ1) is 19.3. The molecule has 3 aromatic rings. The van der Waals surface area contributed by atoms with E-state index in [4.69, 9.17) is 16.3 Å². The SMILES string of the molecule is Cc1ncc(OCC2(c3cccnc3)CC2C(=O)Nc2ccc(Cl)cn2)c(C)n1. The Balaban J connectivity index is 1.53. The van der Waals surface area contributed by atoms with Crippen molar-refractivity contribution in [1.29, 1.82) is 0 Å². The van der Waals surface area contributed by atoms with Crippen LogP contribution in [0.5, 0.6) is 5.75 Å². The van der Waals surface area contributed by atoms with Crippen LogP contribution >= 0.6 is 11.6 Å². The van der Waals surface area contributed by atoms with Crippen molar-refractivity contribution in [2.75, 3.05) is 11.9 Å². The van der Waals surface area contributed by atoms with E-state index in [1.165, 1.54) is 6.20 Å². The minimum atomic E-state index is -0.456. The molecule has 1 N–H and O–H groups in total. The molecule has 0 aliphatic heterocycles. The molecule has 1 fully saturated rings. The van der Waals surface area contributed by atoms with Crippen molar-refractivity contribution < 1.29 is 9.53 Å². The van der Waals surface area contributed by atoms with Crippen LogP contribution in [0.3, 0.4) is 0 Å². The summed E-state index contributed by atoms with van der Waals surface area (Å²) in [4.78, 5) is 29.8. The van der Waals surface area contributed by atoms with Crippen LogP contribution in [0.25, 0.3) is 0 Å². The smallest absolute Gasteiger partial charge is 0.229 e. The molecule has 7 nitrogen and oxygen atoms in total. The van der Waals surface area contributed by atoms with Crippen molar-refractivity contribution in [2.45, 2.75) is 25.7 Å². The predicted octanol–water partition coefficient (Wildman–Crippen LogP) is 3.51. The minimum absolute atomic E-state index is 0.107. The van der Waals surface area contributed by atoms with Crippen molar-refractivity contribution in [3.8, 4) is 5.75 Å². The highest BCUT2D eigenvalue weighted by atomic mass is 35.5. The van der Waals surface area contributed by atoms with Crippen LogP contribution in [0, 0.1) is 19.8 Å². The summed E-state index contributed by atoms with van der Waals surface area (Å²) in [5.74, 6) is 1.41. The van der Waals surface area contributed by atoms with Gasteiger partial charge >= 0.3 is 0 Å². The van der Waals surface area contributed by atoms with Crippen LogP contribution in [0.1, 0.15) is 23.5 Å². The fraction of sp³-hybridized carbons (Fsp3) is 0.286. The van der Waals surface area contributed by atoms with Gasteiger partial charge in [0.05, 0.1) is 29.4 Å². The molecule has 4 rings (SSSR count). The van der Waals surface area contributed by atoms with Gasteiger partial charge in [-0.05, 0) is 44.0 Å². The van der Waals surface area contributed by atoms with Gasteiger partial charge in [0, 0.05) is 24.0 Å². The van der Waals surface area contributed by atoms with Crippen LogP contribution in [0.2, 0.25) is 5.02 Å². The van der Waals surface area contributed by atoms with Gasteiger partial charge in [-0.2, -0.15) is 0 Å². The van der Waals surface area contributed by atoms with E-state index in [0.29, 0.717) is 35.4 Å². The maximum absolute atomic E-state index is 12.9. The molecule has 3 heterocycles. The number of halogens is 1. The number of ether oxygens (including phenoxy) is 1. The Kier molecular flexibility index (Phi) is 5.15. The minimum Gasteiger partial charge on any atom is -0.489 e. The maximum atomic E-state index is 12.9. The number of aryl methyl sites for hydroxylation is 2. The number of rotatable bonds is 6. The van der Waals surface area contributed by atoms with E-state index in [0.717, 1.165) is 11.3 Å². The number of carbonyl (C=O) groups excluding carboxylic acids is 1. The van der Waals surface area contributed by atoms with E-state index in [1.54, 1.807) is 30.7 Å². The lowest BCUT2D eigenvalue weighted by Crippen LogP contribution is -2.27. The van der Waals surface area contributed by atoms with Gasteiger partial charge in [0.25, 0.3) is 0 Å². The van der Waals surface area contributed by atoms with Gasteiger partial charge in [0.15, 0.2) is 5.75 Å². The van der Waals surface area contributed by atoms with Crippen LogP contribution in [-0.4, -0.2) is 32.4 Å². The van der Waals surface area contributed by atoms with Gasteiger partial charge in [0.2, 0.25) is 5.91 Å². The fourth-order valence-corrected chi connectivity index (χ4v) is 3.56. The number of amides is 1. The zero-order valence-corrected chi connectivity index (χ0v) is 16.8. The summed E-state index contributed by atoms with van der Waals surface area (Å²) in [6, 6.07) is 7.21. The summed E-state index contributed by atoms with van der Waals surface area (Å²) in [7, 11) is 0. The zero-order valence-electron chi connectivity index (χ0n) is 16.1. The average molecular weight is 410 g/mol. The Morgan fingerprint density at radius 2 is 2.10 bits per heavy atom. The summed E-state index contributed by atoms with van der Waals surface area (Å²) < 4.78 is 6.05. The Bertz CT molecular complexity index is 1030. The van der Waals surface area contributed by atoms with Gasteiger partial charge in [0.1, 0.15) is 11.6 Å². The highest BCUT2D eigenvalue weighted by Crippen LogP contribution is 2.54. The van der Waals surface area contributed by atoms with Crippen molar-refractivity contribution in [2.24, 2.45) is 5.92 Å². The fourth-order valence-electron chi connectivity index (χ4n) is 3.45. The molecule has 1 aliphatic rings. The second-order valence-electron chi connectivity index (χ2n) is 7.16. The molecule has 0 aromatic carbocycles. The molecule has 29 heavy (non-hydrogen) atoms. The summed E-state index contributed by atoms with van der Waals surface area (Å²) >= 11 is 5.86. The number of aromatic nitrogens is 4. The molecule has 3 aromatic heterocycles. The summed E-state index contributed by atoms with van der Waals surface area (Å²) in [5, 5.41) is 3.38. The molecule has 2 unspecified atom stereocenters. The molecule has 8 heteroatoms.